The zero-order valence-electron chi connectivity index (χ0n) is 8.78. The van der Waals surface area contributed by atoms with E-state index >= 15 is 0 Å². The number of nitrogens with zero attached hydrogens (tertiary/aromatic N) is 2. The highest BCUT2D eigenvalue weighted by atomic mass is 32.1. The smallest absolute Gasteiger partial charge is 0.169 e. The molecule has 0 bridgehead atoms. The van der Waals surface area contributed by atoms with Crippen LogP contribution in [0.3, 0.4) is 0 Å². The van der Waals surface area contributed by atoms with Crippen LogP contribution in [0.5, 0.6) is 0 Å². The third-order valence-electron chi connectivity index (χ3n) is 1.98. The van der Waals surface area contributed by atoms with Gasteiger partial charge in [0.25, 0.3) is 0 Å². The van der Waals surface area contributed by atoms with Crippen LogP contribution in [0, 0.1) is 6.92 Å². The SMILES string of the molecule is CCc1ncc(CNc2cc(C)on2)s1. The van der Waals surface area contributed by atoms with Gasteiger partial charge in [-0.3, -0.25) is 0 Å². The molecule has 0 spiro atoms. The molecule has 80 valence electrons. The van der Waals surface area contributed by atoms with E-state index in [2.05, 4.69) is 22.4 Å². The molecule has 2 rings (SSSR count). The van der Waals surface area contributed by atoms with E-state index in [0.29, 0.717) is 0 Å². The van der Waals surface area contributed by atoms with Gasteiger partial charge in [0.2, 0.25) is 0 Å². The lowest BCUT2D eigenvalue weighted by atomic mass is 10.4. The molecule has 2 aromatic rings. The molecule has 0 aromatic carbocycles. The Bertz CT molecular complexity index is 435. The lowest BCUT2D eigenvalue weighted by Gasteiger charge is -1.96. The van der Waals surface area contributed by atoms with Crippen LogP contribution in [0.4, 0.5) is 5.82 Å². The van der Waals surface area contributed by atoms with Crippen LogP contribution in [0.15, 0.2) is 16.8 Å². The first kappa shape index (κ1) is 10.2. The molecule has 0 atom stereocenters. The first-order valence-corrected chi connectivity index (χ1v) is 5.70. The fourth-order valence-electron chi connectivity index (χ4n) is 1.22. The number of thiazole rings is 1. The summed E-state index contributed by atoms with van der Waals surface area (Å²) in [5.74, 6) is 1.59. The summed E-state index contributed by atoms with van der Waals surface area (Å²) in [6.45, 7) is 4.74. The quantitative estimate of drug-likeness (QED) is 0.865. The molecule has 2 aromatic heterocycles. The van der Waals surface area contributed by atoms with Gasteiger partial charge in [0.1, 0.15) is 5.76 Å². The van der Waals surface area contributed by atoms with Crippen molar-refractivity contribution in [1.29, 1.82) is 0 Å². The van der Waals surface area contributed by atoms with Crippen molar-refractivity contribution < 1.29 is 4.52 Å². The number of aryl methyl sites for hydroxylation is 2. The first-order valence-electron chi connectivity index (χ1n) is 4.88. The zero-order valence-corrected chi connectivity index (χ0v) is 9.60. The molecule has 0 saturated carbocycles. The van der Waals surface area contributed by atoms with Gasteiger partial charge in [0, 0.05) is 17.1 Å². The third-order valence-corrected chi connectivity index (χ3v) is 3.12. The van der Waals surface area contributed by atoms with E-state index in [-0.39, 0.29) is 0 Å². The van der Waals surface area contributed by atoms with Gasteiger partial charge in [-0.05, 0) is 13.3 Å². The fourth-order valence-corrected chi connectivity index (χ4v) is 2.02. The van der Waals surface area contributed by atoms with Crippen LogP contribution in [-0.2, 0) is 13.0 Å². The van der Waals surface area contributed by atoms with E-state index < -0.39 is 0 Å². The lowest BCUT2D eigenvalue weighted by molar-refractivity contribution is 0.399. The standard InChI is InChI=1S/C10H13N3OS/c1-3-10-12-6-8(15-10)5-11-9-4-7(2)14-13-9/h4,6H,3,5H2,1-2H3,(H,11,13). The molecule has 5 heteroatoms. The summed E-state index contributed by atoms with van der Waals surface area (Å²) < 4.78 is 4.95. The van der Waals surface area contributed by atoms with E-state index in [1.54, 1.807) is 11.3 Å². The van der Waals surface area contributed by atoms with Crippen molar-refractivity contribution in [3.63, 3.8) is 0 Å². The number of rotatable bonds is 4. The number of anilines is 1. The molecule has 0 radical (unpaired) electrons. The zero-order chi connectivity index (χ0) is 10.7. The number of aromatic nitrogens is 2. The van der Waals surface area contributed by atoms with Crippen molar-refractivity contribution in [2.75, 3.05) is 5.32 Å². The highest BCUT2D eigenvalue weighted by molar-refractivity contribution is 7.11. The van der Waals surface area contributed by atoms with Gasteiger partial charge >= 0.3 is 0 Å². The first-order chi connectivity index (χ1) is 7.28. The van der Waals surface area contributed by atoms with Crippen molar-refractivity contribution >= 4 is 17.2 Å². The van der Waals surface area contributed by atoms with Gasteiger partial charge in [0.15, 0.2) is 5.82 Å². The number of hydrogen-bond acceptors (Lipinski definition) is 5. The van der Waals surface area contributed by atoms with Crippen LogP contribution in [-0.4, -0.2) is 10.1 Å². The van der Waals surface area contributed by atoms with Crippen LogP contribution in [0.2, 0.25) is 0 Å². The molecular formula is C10H13N3OS. The van der Waals surface area contributed by atoms with Crippen LogP contribution in [0.1, 0.15) is 22.6 Å². The minimum atomic E-state index is 0.754. The van der Waals surface area contributed by atoms with E-state index in [0.717, 1.165) is 24.5 Å². The summed E-state index contributed by atoms with van der Waals surface area (Å²) in [7, 11) is 0. The second kappa shape index (κ2) is 4.44. The molecule has 0 aliphatic heterocycles. The highest BCUT2D eigenvalue weighted by Gasteiger charge is 2.02. The second-order valence-electron chi connectivity index (χ2n) is 3.25. The Balaban J connectivity index is 1.93. The Morgan fingerprint density at radius 3 is 3.00 bits per heavy atom. The van der Waals surface area contributed by atoms with Gasteiger partial charge in [-0.1, -0.05) is 12.1 Å². The molecule has 0 fully saturated rings. The van der Waals surface area contributed by atoms with Crippen molar-refractivity contribution in [2.45, 2.75) is 26.8 Å². The molecule has 0 saturated heterocycles. The van der Waals surface area contributed by atoms with Crippen molar-refractivity contribution in [2.24, 2.45) is 0 Å². The molecule has 0 unspecified atom stereocenters. The predicted octanol–water partition coefficient (Wildman–Crippen LogP) is 2.61. The molecular weight excluding hydrogens is 210 g/mol. The van der Waals surface area contributed by atoms with Crippen LogP contribution in [0.25, 0.3) is 0 Å². The molecule has 0 aliphatic carbocycles. The summed E-state index contributed by atoms with van der Waals surface area (Å²) in [5, 5.41) is 8.21. The monoisotopic (exact) mass is 223 g/mol. The normalized spacial score (nSPS) is 10.5. The molecule has 4 nitrogen and oxygen atoms in total. The van der Waals surface area contributed by atoms with Gasteiger partial charge < -0.3 is 9.84 Å². The largest absolute Gasteiger partial charge is 0.362 e. The van der Waals surface area contributed by atoms with Gasteiger partial charge in [0.05, 0.1) is 11.6 Å². The van der Waals surface area contributed by atoms with Gasteiger partial charge in [-0.25, -0.2) is 4.98 Å². The lowest BCUT2D eigenvalue weighted by Crippen LogP contribution is -1.96. The third kappa shape index (κ3) is 2.56. The minimum absolute atomic E-state index is 0.754. The van der Waals surface area contributed by atoms with Crippen molar-refractivity contribution in [3.05, 3.63) is 27.9 Å². The van der Waals surface area contributed by atoms with E-state index in [1.165, 1.54) is 9.88 Å². The Kier molecular flexibility index (Phi) is 3.01. The van der Waals surface area contributed by atoms with E-state index in [1.807, 2.05) is 19.2 Å². The summed E-state index contributed by atoms with van der Waals surface area (Å²) in [4.78, 5) is 5.50. The maximum Gasteiger partial charge on any atom is 0.169 e. The highest BCUT2D eigenvalue weighted by Crippen LogP contribution is 2.15. The van der Waals surface area contributed by atoms with Crippen molar-refractivity contribution in [3.8, 4) is 0 Å². The van der Waals surface area contributed by atoms with Crippen LogP contribution >= 0.6 is 11.3 Å². The minimum Gasteiger partial charge on any atom is -0.362 e. The fraction of sp³-hybridized carbons (Fsp3) is 0.400. The number of nitrogens with one attached hydrogen (secondary N) is 1. The maximum atomic E-state index is 4.95. The topological polar surface area (TPSA) is 51.0 Å². The Labute approximate surface area is 92.3 Å². The van der Waals surface area contributed by atoms with Crippen molar-refractivity contribution in [1.82, 2.24) is 10.1 Å². The van der Waals surface area contributed by atoms with Gasteiger partial charge in [-0.15, -0.1) is 11.3 Å². The maximum absolute atomic E-state index is 4.95. The molecule has 1 N–H and O–H groups in total. The Morgan fingerprint density at radius 1 is 1.53 bits per heavy atom. The number of hydrogen-bond donors (Lipinski definition) is 1. The Morgan fingerprint density at radius 2 is 2.40 bits per heavy atom. The average Bonchev–Trinajstić information content (AvgIpc) is 2.83. The summed E-state index contributed by atoms with van der Waals surface area (Å²) in [6.07, 6.45) is 2.90. The molecule has 0 amide bonds. The average molecular weight is 223 g/mol. The summed E-state index contributed by atoms with van der Waals surface area (Å²) >= 11 is 1.73. The summed E-state index contributed by atoms with van der Waals surface area (Å²) in [5.41, 5.74) is 0. The molecule has 2 heterocycles. The van der Waals surface area contributed by atoms with Crippen LogP contribution < -0.4 is 5.32 Å². The molecule has 0 aliphatic rings. The molecule has 15 heavy (non-hydrogen) atoms. The van der Waals surface area contributed by atoms with E-state index in [9.17, 15) is 0 Å². The van der Waals surface area contributed by atoms with Gasteiger partial charge in [-0.2, -0.15) is 0 Å². The predicted molar refractivity (Wildman–Crippen MR) is 60.1 cm³/mol. The summed E-state index contributed by atoms with van der Waals surface area (Å²) in [6, 6.07) is 1.88. The second-order valence-corrected chi connectivity index (χ2v) is 4.45. The Hall–Kier alpha value is -1.36. The van der Waals surface area contributed by atoms with E-state index in [4.69, 9.17) is 4.52 Å².